The number of carbonyl (C=O) groups is 2. The molecule has 18 heavy (non-hydrogen) atoms. The number of esters is 1. The van der Waals surface area contributed by atoms with E-state index in [-0.39, 0.29) is 13.2 Å². The van der Waals surface area contributed by atoms with E-state index in [1.165, 1.54) is 6.08 Å². The van der Waals surface area contributed by atoms with Crippen LogP contribution in [0.1, 0.15) is 34.6 Å². The van der Waals surface area contributed by atoms with Crippen molar-refractivity contribution >= 4 is 12.1 Å². The number of carbonyl (C=O) groups excluding carboxylic acids is 2. The van der Waals surface area contributed by atoms with Crippen molar-refractivity contribution in [3.63, 3.8) is 0 Å². The van der Waals surface area contributed by atoms with Crippen LogP contribution in [0, 0.1) is 5.92 Å². The van der Waals surface area contributed by atoms with Crippen LogP contribution in [0.5, 0.6) is 0 Å². The van der Waals surface area contributed by atoms with Crippen molar-refractivity contribution in [2.75, 3.05) is 13.2 Å². The molecule has 0 fully saturated rings. The average molecular weight is 257 g/mol. The van der Waals surface area contributed by atoms with Gasteiger partial charge in [0.15, 0.2) is 0 Å². The fourth-order valence-electron chi connectivity index (χ4n) is 0.938. The maximum Gasteiger partial charge on any atom is 0.407 e. The summed E-state index contributed by atoms with van der Waals surface area (Å²) in [5, 5.41) is 2.50. The Morgan fingerprint density at radius 2 is 1.89 bits per heavy atom. The molecule has 0 saturated heterocycles. The van der Waals surface area contributed by atoms with Gasteiger partial charge >= 0.3 is 12.1 Å². The first-order valence-electron chi connectivity index (χ1n) is 6.02. The first kappa shape index (κ1) is 16.5. The van der Waals surface area contributed by atoms with Crippen LogP contribution in [0.15, 0.2) is 12.2 Å². The molecule has 5 heteroatoms. The first-order chi connectivity index (χ1) is 8.20. The van der Waals surface area contributed by atoms with Gasteiger partial charge < -0.3 is 14.8 Å². The van der Waals surface area contributed by atoms with Crippen LogP contribution < -0.4 is 5.32 Å². The minimum atomic E-state index is -0.527. The Bertz CT molecular complexity index is 303. The van der Waals surface area contributed by atoms with E-state index in [1.54, 1.807) is 26.8 Å². The third kappa shape index (κ3) is 11.0. The van der Waals surface area contributed by atoms with Gasteiger partial charge in [-0.3, -0.25) is 0 Å². The van der Waals surface area contributed by atoms with Crippen molar-refractivity contribution in [3.8, 4) is 0 Å². The number of hydrogen-bond donors (Lipinski definition) is 1. The lowest BCUT2D eigenvalue weighted by molar-refractivity contribution is -0.137. The zero-order chi connectivity index (χ0) is 14.2. The molecule has 0 aromatic heterocycles. The van der Waals surface area contributed by atoms with Crippen LogP contribution >= 0.6 is 0 Å². The van der Waals surface area contributed by atoms with Crippen molar-refractivity contribution in [3.05, 3.63) is 12.2 Å². The minimum absolute atomic E-state index is 0.126. The zero-order valence-electron chi connectivity index (χ0n) is 11.8. The summed E-state index contributed by atoms with van der Waals surface area (Å²) in [6.45, 7) is 9.63. The van der Waals surface area contributed by atoms with Crippen molar-refractivity contribution in [2.45, 2.75) is 40.2 Å². The molecular weight excluding hydrogens is 234 g/mol. The lowest BCUT2D eigenvalue weighted by atomic mass is 10.2. The van der Waals surface area contributed by atoms with E-state index in [4.69, 9.17) is 9.47 Å². The monoisotopic (exact) mass is 257 g/mol. The smallest absolute Gasteiger partial charge is 0.407 e. The number of ether oxygens (including phenoxy) is 2. The van der Waals surface area contributed by atoms with Crippen LogP contribution in [-0.2, 0) is 14.3 Å². The van der Waals surface area contributed by atoms with Gasteiger partial charge in [-0.1, -0.05) is 19.9 Å². The van der Waals surface area contributed by atoms with Crippen LogP contribution in [0.4, 0.5) is 4.79 Å². The summed E-state index contributed by atoms with van der Waals surface area (Å²) < 4.78 is 9.90. The summed E-state index contributed by atoms with van der Waals surface area (Å²) in [5.41, 5.74) is -0.527. The predicted molar refractivity (Wildman–Crippen MR) is 69.2 cm³/mol. The second-order valence-electron chi connectivity index (χ2n) is 5.20. The molecule has 0 saturated carbocycles. The zero-order valence-corrected chi connectivity index (χ0v) is 11.8. The number of allylic oxidation sites excluding steroid dienone is 1. The highest BCUT2D eigenvalue weighted by molar-refractivity contribution is 5.81. The topological polar surface area (TPSA) is 64.6 Å². The van der Waals surface area contributed by atoms with Crippen LogP contribution in [0.2, 0.25) is 0 Å². The summed E-state index contributed by atoms with van der Waals surface area (Å²) in [4.78, 5) is 22.4. The fourth-order valence-corrected chi connectivity index (χ4v) is 0.938. The maximum absolute atomic E-state index is 11.2. The van der Waals surface area contributed by atoms with E-state index < -0.39 is 17.7 Å². The number of nitrogens with one attached hydrogen (secondary N) is 1. The lowest BCUT2D eigenvalue weighted by Crippen LogP contribution is -2.34. The molecule has 0 aliphatic carbocycles. The van der Waals surface area contributed by atoms with Crippen molar-refractivity contribution in [1.82, 2.24) is 5.32 Å². The SMILES string of the molecule is CC(C)/C=C/C(=O)OCCNC(=O)OC(C)(C)C. The van der Waals surface area contributed by atoms with Gasteiger partial charge in [0, 0.05) is 6.08 Å². The van der Waals surface area contributed by atoms with Gasteiger partial charge in [-0.2, -0.15) is 0 Å². The molecule has 1 amide bonds. The van der Waals surface area contributed by atoms with Gasteiger partial charge in [0.2, 0.25) is 0 Å². The summed E-state index contributed by atoms with van der Waals surface area (Å²) >= 11 is 0. The third-order valence-corrected chi connectivity index (χ3v) is 1.63. The molecule has 0 radical (unpaired) electrons. The summed E-state index contributed by atoms with van der Waals surface area (Å²) in [6.07, 6.45) is 2.62. The minimum Gasteiger partial charge on any atom is -0.461 e. The Morgan fingerprint density at radius 3 is 2.39 bits per heavy atom. The number of amides is 1. The highest BCUT2D eigenvalue weighted by atomic mass is 16.6. The number of rotatable bonds is 5. The molecule has 0 atom stereocenters. The molecule has 0 unspecified atom stereocenters. The molecule has 104 valence electrons. The second kappa shape index (κ2) is 7.74. The Balaban J connectivity index is 3.68. The van der Waals surface area contributed by atoms with Crippen LogP contribution in [0.25, 0.3) is 0 Å². The molecule has 0 bridgehead atoms. The van der Waals surface area contributed by atoms with Gasteiger partial charge in [-0.15, -0.1) is 0 Å². The van der Waals surface area contributed by atoms with Gasteiger partial charge in [0.05, 0.1) is 6.54 Å². The molecular formula is C13H23NO4. The molecule has 1 N–H and O–H groups in total. The molecule has 0 aliphatic heterocycles. The van der Waals surface area contributed by atoms with Crippen molar-refractivity contribution < 1.29 is 19.1 Å². The van der Waals surface area contributed by atoms with Crippen LogP contribution in [0.3, 0.4) is 0 Å². The van der Waals surface area contributed by atoms with Gasteiger partial charge in [0.1, 0.15) is 12.2 Å². The Morgan fingerprint density at radius 1 is 1.28 bits per heavy atom. The van der Waals surface area contributed by atoms with Crippen LogP contribution in [-0.4, -0.2) is 30.8 Å². The molecule has 0 spiro atoms. The van der Waals surface area contributed by atoms with E-state index in [9.17, 15) is 9.59 Å². The predicted octanol–water partition coefficient (Wildman–Crippen LogP) is 2.27. The quantitative estimate of drug-likeness (QED) is 0.466. The first-order valence-corrected chi connectivity index (χ1v) is 6.02. The second-order valence-corrected chi connectivity index (χ2v) is 5.20. The highest BCUT2D eigenvalue weighted by Crippen LogP contribution is 2.06. The normalized spacial score (nSPS) is 11.7. The number of alkyl carbamates (subject to hydrolysis) is 1. The Labute approximate surface area is 109 Å². The fraction of sp³-hybridized carbons (Fsp3) is 0.692. The Kier molecular flexibility index (Phi) is 7.08. The average Bonchev–Trinajstić information content (AvgIpc) is 2.19. The van der Waals surface area contributed by atoms with E-state index in [1.807, 2.05) is 13.8 Å². The molecule has 0 aliphatic rings. The van der Waals surface area contributed by atoms with Crippen molar-refractivity contribution in [2.24, 2.45) is 5.92 Å². The van der Waals surface area contributed by atoms with E-state index >= 15 is 0 Å². The van der Waals surface area contributed by atoms with Gasteiger partial charge in [-0.25, -0.2) is 9.59 Å². The standard InChI is InChI=1S/C13H23NO4/c1-10(2)6-7-11(15)17-9-8-14-12(16)18-13(3,4)5/h6-7,10H,8-9H2,1-5H3,(H,14,16)/b7-6+. The van der Waals surface area contributed by atoms with Gasteiger partial charge in [0.25, 0.3) is 0 Å². The lowest BCUT2D eigenvalue weighted by Gasteiger charge is -2.19. The molecule has 0 aromatic carbocycles. The summed E-state index contributed by atoms with van der Waals surface area (Å²) in [7, 11) is 0. The molecule has 0 rings (SSSR count). The van der Waals surface area contributed by atoms with Gasteiger partial charge in [-0.05, 0) is 26.7 Å². The van der Waals surface area contributed by atoms with E-state index in [0.29, 0.717) is 5.92 Å². The van der Waals surface area contributed by atoms with E-state index in [0.717, 1.165) is 0 Å². The Hall–Kier alpha value is -1.52. The third-order valence-electron chi connectivity index (χ3n) is 1.63. The molecule has 0 aromatic rings. The number of hydrogen-bond acceptors (Lipinski definition) is 4. The largest absolute Gasteiger partial charge is 0.461 e. The maximum atomic E-state index is 11.2. The molecule has 5 nitrogen and oxygen atoms in total. The summed E-state index contributed by atoms with van der Waals surface area (Å²) in [6, 6.07) is 0. The highest BCUT2D eigenvalue weighted by Gasteiger charge is 2.15. The summed E-state index contributed by atoms with van der Waals surface area (Å²) in [5.74, 6) is -0.105. The van der Waals surface area contributed by atoms with E-state index in [2.05, 4.69) is 5.32 Å². The van der Waals surface area contributed by atoms with Crippen molar-refractivity contribution in [1.29, 1.82) is 0 Å². The molecule has 0 heterocycles.